The molecule has 1 saturated carbocycles. The van der Waals surface area contributed by atoms with Gasteiger partial charge in [0, 0.05) is 24.4 Å². The number of ether oxygens (including phenoxy) is 1. The molecule has 2 aliphatic rings. The average Bonchev–Trinajstić information content (AvgIpc) is 3.55. The summed E-state index contributed by atoms with van der Waals surface area (Å²) in [7, 11) is 0. The molecule has 214 valence electrons. The Kier molecular flexibility index (Phi) is 7.13. The highest BCUT2D eigenvalue weighted by Crippen LogP contribution is 2.46. The van der Waals surface area contributed by atoms with Crippen LogP contribution in [0, 0.1) is 13.8 Å². The van der Waals surface area contributed by atoms with Crippen LogP contribution in [0.2, 0.25) is 5.02 Å². The minimum atomic E-state index is -2.80. The largest absolute Gasteiger partial charge is 0.593 e. The molecule has 1 N–H and O–H groups in total. The van der Waals surface area contributed by atoms with E-state index in [2.05, 4.69) is 15.2 Å². The zero-order chi connectivity index (χ0) is 29.1. The summed E-state index contributed by atoms with van der Waals surface area (Å²) in [6, 6.07) is 8.98. The minimum Gasteiger partial charge on any atom is -0.593 e. The molecule has 0 radical (unpaired) electrons. The van der Waals surface area contributed by atoms with Crippen LogP contribution >= 0.6 is 11.6 Å². The number of carboxylic acid groups (broad SMARTS) is 1. The van der Waals surface area contributed by atoms with Gasteiger partial charge in [0.25, 0.3) is 12.3 Å². The van der Waals surface area contributed by atoms with Crippen molar-refractivity contribution in [2.24, 2.45) is 0 Å². The number of aryl methyl sites for hydroxylation is 2. The maximum absolute atomic E-state index is 13.7. The third-order valence-corrected chi connectivity index (χ3v) is 9.36. The van der Waals surface area contributed by atoms with Crippen LogP contribution in [0.15, 0.2) is 47.6 Å². The minimum absolute atomic E-state index is 0.223. The van der Waals surface area contributed by atoms with E-state index < -0.39 is 41.1 Å². The maximum Gasteiger partial charge on any atom is 0.304 e. The molecule has 4 aromatic rings. The first kappa shape index (κ1) is 27.8. The van der Waals surface area contributed by atoms with Crippen LogP contribution in [0.3, 0.4) is 0 Å². The molecule has 4 heterocycles. The number of carbonyl (C=O) groups is 1. The lowest BCUT2D eigenvalue weighted by Crippen LogP contribution is -2.38. The number of alkyl halides is 2. The number of aliphatic carboxylic acids is 1. The molecule has 2 atom stereocenters. The van der Waals surface area contributed by atoms with Gasteiger partial charge in [-0.05, 0) is 60.6 Å². The molecule has 9 nitrogen and oxygen atoms in total. The first-order valence-corrected chi connectivity index (χ1v) is 14.5. The predicted octanol–water partition coefficient (Wildman–Crippen LogP) is 5.39. The molecule has 1 spiro atoms. The van der Waals surface area contributed by atoms with Gasteiger partial charge in [0.1, 0.15) is 5.60 Å². The Morgan fingerprint density at radius 1 is 1.24 bits per heavy atom. The number of halogens is 3. The van der Waals surface area contributed by atoms with Gasteiger partial charge in [-0.25, -0.2) is 13.8 Å². The molecule has 13 heteroatoms. The van der Waals surface area contributed by atoms with Gasteiger partial charge in [-0.15, -0.1) is 14.5 Å². The van der Waals surface area contributed by atoms with Gasteiger partial charge in [-0.3, -0.25) is 9.20 Å². The van der Waals surface area contributed by atoms with Gasteiger partial charge in [-0.2, -0.15) is 0 Å². The summed E-state index contributed by atoms with van der Waals surface area (Å²) >= 11 is 4.58. The van der Waals surface area contributed by atoms with Crippen molar-refractivity contribution < 1.29 is 28.0 Å². The van der Waals surface area contributed by atoms with Crippen LogP contribution in [-0.4, -0.2) is 51.7 Å². The predicted molar refractivity (Wildman–Crippen MR) is 147 cm³/mol. The van der Waals surface area contributed by atoms with Crippen molar-refractivity contribution in [1.82, 2.24) is 23.9 Å². The number of rotatable bonds is 7. The van der Waals surface area contributed by atoms with Crippen LogP contribution in [0.5, 0.6) is 5.88 Å². The zero-order valence-corrected chi connectivity index (χ0v) is 23.8. The summed E-state index contributed by atoms with van der Waals surface area (Å²) in [4.78, 5) is 16.7. The smallest absolute Gasteiger partial charge is 0.304 e. The van der Waals surface area contributed by atoms with Crippen LogP contribution in [0.25, 0.3) is 5.65 Å². The molecular weight excluding hydrogens is 576 g/mol. The SMILES string of the molecule is Cc1ccc(C(CC(=O)O)c2ccn3c(C(F)F)nnc3c2C)cc1CN1CC2(CC2)Oc2ncc(Cl)cc2[S+]1[O-]. The molecule has 41 heavy (non-hydrogen) atoms. The molecular formula is C28H26ClF2N5O4S. The molecule has 1 aromatic carbocycles. The lowest BCUT2D eigenvalue weighted by Gasteiger charge is -2.25. The lowest BCUT2D eigenvalue weighted by molar-refractivity contribution is -0.137. The Bertz CT molecular complexity index is 1660. The van der Waals surface area contributed by atoms with E-state index in [0.29, 0.717) is 40.0 Å². The molecule has 1 fully saturated rings. The Morgan fingerprint density at radius 2 is 2.02 bits per heavy atom. The molecule has 0 bridgehead atoms. The van der Waals surface area contributed by atoms with E-state index in [-0.39, 0.29) is 12.1 Å². The second kappa shape index (κ2) is 10.5. The first-order valence-electron chi connectivity index (χ1n) is 13.0. The monoisotopic (exact) mass is 601 g/mol. The number of hydrogen-bond donors (Lipinski definition) is 1. The van der Waals surface area contributed by atoms with Crippen molar-refractivity contribution in [2.75, 3.05) is 6.54 Å². The Hall–Kier alpha value is -3.32. The average molecular weight is 602 g/mol. The highest BCUT2D eigenvalue weighted by Gasteiger charge is 2.53. The number of carboxylic acids is 1. The number of hydrogen-bond acceptors (Lipinski definition) is 7. The van der Waals surface area contributed by atoms with Crippen molar-refractivity contribution in [3.05, 3.63) is 81.4 Å². The summed E-state index contributed by atoms with van der Waals surface area (Å²) in [5.74, 6) is -1.73. The van der Waals surface area contributed by atoms with E-state index in [0.717, 1.165) is 29.5 Å². The van der Waals surface area contributed by atoms with Gasteiger partial charge >= 0.3 is 5.97 Å². The number of aromatic nitrogens is 4. The van der Waals surface area contributed by atoms with Gasteiger partial charge < -0.3 is 14.4 Å². The second-order valence-electron chi connectivity index (χ2n) is 10.6. The van der Waals surface area contributed by atoms with Gasteiger partial charge in [0.05, 0.1) is 35.9 Å². The van der Waals surface area contributed by atoms with Gasteiger partial charge in [0.2, 0.25) is 10.7 Å². The number of benzene rings is 1. The molecule has 6 rings (SSSR count). The van der Waals surface area contributed by atoms with Crippen LogP contribution in [-0.2, 0) is 22.7 Å². The number of pyridine rings is 2. The van der Waals surface area contributed by atoms with E-state index in [1.165, 1.54) is 16.8 Å². The Morgan fingerprint density at radius 3 is 2.73 bits per heavy atom. The Balaban J connectivity index is 1.37. The quantitative estimate of drug-likeness (QED) is 0.280. The second-order valence-corrected chi connectivity index (χ2v) is 12.5. The van der Waals surface area contributed by atoms with Crippen molar-refractivity contribution in [3.63, 3.8) is 0 Å². The summed E-state index contributed by atoms with van der Waals surface area (Å²) in [6.45, 7) is 4.43. The number of nitrogens with zero attached hydrogens (tertiary/aromatic N) is 5. The highest BCUT2D eigenvalue weighted by molar-refractivity contribution is 7.89. The zero-order valence-electron chi connectivity index (χ0n) is 22.2. The summed E-state index contributed by atoms with van der Waals surface area (Å²) in [5.41, 5.74) is 3.58. The third kappa shape index (κ3) is 5.25. The third-order valence-electron chi connectivity index (χ3n) is 7.76. The van der Waals surface area contributed by atoms with Crippen LogP contribution in [0.1, 0.15) is 65.2 Å². The summed E-state index contributed by atoms with van der Waals surface area (Å²) in [5, 5.41) is 17.7. The topological polar surface area (TPSA) is 116 Å². The van der Waals surface area contributed by atoms with E-state index >= 15 is 0 Å². The van der Waals surface area contributed by atoms with Crippen molar-refractivity contribution in [1.29, 1.82) is 0 Å². The summed E-state index contributed by atoms with van der Waals surface area (Å²) in [6.07, 6.45) is 1.55. The fourth-order valence-electron chi connectivity index (χ4n) is 5.37. The number of fused-ring (bicyclic) bond motifs is 2. The fourth-order valence-corrected chi connectivity index (χ4v) is 6.95. The first-order chi connectivity index (χ1) is 19.5. The summed E-state index contributed by atoms with van der Waals surface area (Å²) < 4.78 is 49.8. The molecule has 0 saturated heterocycles. The standard InChI is InChI=1S/C28H26ClF2N5O4S/c1-15-3-4-17(21(11-23(37)38)20-5-8-36-25(16(20)2)33-34-26(36)24(30)31)9-18(15)13-35-14-28(6-7-28)40-27-22(41(35)39)10-19(29)12-32-27/h3-5,8-10,12,21,24H,6-7,11,13-14H2,1-2H3,(H,37,38). The lowest BCUT2D eigenvalue weighted by atomic mass is 9.85. The van der Waals surface area contributed by atoms with E-state index in [1.54, 1.807) is 19.1 Å². The fraction of sp³-hybridized carbons (Fsp3) is 0.357. The van der Waals surface area contributed by atoms with E-state index in [4.69, 9.17) is 16.3 Å². The highest BCUT2D eigenvalue weighted by atomic mass is 35.5. The van der Waals surface area contributed by atoms with Crippen molar-refractivity contribution in [3.8, 4) is 5.88 Å². The van der Waals surface area contributed by atoms with Gasteiger partial charge in [-0.1, -0.05) is 29.8 Å². The molecule has 2 unspecified atom stereocenters. The normalized spacial score (nSPS) is 18.8. The van der Waals surface area contributed by atoms with E-state index in [9.17, 15) is 23.2 Å². The molecule has 3 aromatic heterocycles. The van der Waals surface area contributed by atoms with Crippen molar-refractivity contribution >= 4 is 34.6 Å². The molecule has 1 aliphatic heterocycles. The van der Waals surface area contributed by atoms with Gasteiger partial charge in [0.15, 0.2) is 5.65 Å². The van der Waals surface area contributed by atoms with Crippen LogP contribution < -0.4 is 4.74 Å². The van der Waals surface area contributed by atoms with E-state index in [1.807, 2.05) is 29.4 Å². The van der Waals surface area contributed by atoms with Crippen LogP contribution in [0.4, 0.5) is 8.78 Å². The van der Waals surface area contributed by atoms with Crippen molar-refractivity contribution in [2.45, 2.75) is 62.5 Å². The Labute approximate surface area is 242 Å². The maximum atomic E-state index is 13.7. The molecule has 0 amide bonds. The molecule has 1 aliphatic carbocycles.